The molecule has 0 heterocycles. The molecule has 0 radical (unpaired) electrons. The molecule has 0 fully saturated rings. The lowest BCUT2D eigenvalue weighted by atomic mass is 9.91. The highest BCUT2D eigenvalue weighted by atomic mass is 127. The summed E-state index contributed by atoms with van der Waals surface area (Å²) in [5.41, 5.74) is 0.163. The number of nitrogens with zero attached hydrogens (tertiary/aromatic N) is 1. The number of Topliss-reactive ketones (excluding diaryl/α,β-unsaturated/α-hetero) is 1. The summed E-state index contributed by atoms with van der Waals surface area (Å²) < 4.78 is 14.6. The van der Waals surface area contributed by atoms with Crippen molar-refractivity contribution in [3.05, 3.63) is 67.0 Å². The SMILES string of the molecule is N#CC(C(=O)c1cc(Cl)ccc1I)c1c(F)cccc1Cl. The number of ketones is 1. The highest BCUT2D eigenvalue weighted by molar-refractivity contribution is 14.1. The van der Waals surface area contributed by atoms with Gasteiger partial charge in [-0.2, -0.15) is 5.26 Å². The van der Waals surface area contributed by atoms with Crippen LogP contribution in [0, 0.1) is 20.7 Å². The van der Waals surface area contributed by atoms with E-state index in [0.29, 0.717) is 8.59 Å². The number of carbonyl (C=O) groups excluding carboxylic acids is 1. The average molecular weight is 434 g/mol. The second kappa shape index (κ2) is 6.73. The minimum absolute atomic E-state index is 0.0481. The molecule has 2 nitrogen and oxygen atoms in total. The summed E-state index contributed by atoms with van der Waals surface area (Å²) in [5.74, 6) is -2.53. The fourth-order valence-electron chi connectivity index (χ4n) is 1.88. The molecule has 106 valence electrons. The molecule has 0 N–H and O–H groups in total. The van der Waals surface area contributed by atoms with E-state index in [9.17, 15) is 14.4 Å². The summed E-state index contributed by atoms with van der Waals surface area (Å²) in [6, 6.07) is 10.6. The first kappa shape index (κ1) is 16.2. The molecular formula is C15H7Cl2FINO. The van der Waals surface area contributed by atoms with Gasteiger partial charge in [0.05, 0.1) is 6.07 Å². The summed E-state index contributed by atoms with van der Waals surface area (Å²) in [6.07, 6.45) is 0. The third-order valence-electron chi connectivity index (χ3n) is 2.87. The van der Waals surface area contributed by atoms with E-state index in [-0.39, 0.29) is 16.1 Å². The molecule has 0 aromatic heterocycles. The summed E-state index contributed by atoms with van der Waals surface area (Å²) >= 11 is 13.8. The van der Waals surface area contributed by atoms with Crippen LogP contribution >= 0.6 is 45.8 Å². The Morgan fingerprint density at radius 3 is 2.62 bits per heavy atom. The Balaban J connectivity index is 2.55. The predicted molar refractivity (Wildman–Crippen MR) is 88.3 cm³/mol. The van der Waals surface area contributed by atoms with E-state index < -0.39 is 17.5 Å². The molecule has 0 saturated heterocycles. The van der Waals surface area contributed by atoms with Crippen LogP contribution in [0.2, 0.25) is 10.0 Å². The van der Waals surface area contributed by atoms with Crippen LogP contribution in [0.3, 0.4) is 0 Å². The van der Waals surface area contributed by atoms with Crippen LogP contribution in [-0.4, -0.2) is 5.78 Å². The maximum atomic E-state index is 13.9. The van der Waals surface area contributed by atoms with Gasteiger partial charge in [-0.15, -0.1) is 0 Å². The van der Waals surface area contributed by atoms with Crippen molar-refractivity contribution in [3.8, 4) is 6.07 Å². The molecule has 2 aromatic carbocycles. The Kier molecular flexibility index (Phi) is 5.20. The van der Waals surface area contributed by atoms with Crippen molar-refractivity contribution in [2.24, 2.45) is 0 Å². The Labute approximate surface area is 144 Å². The Hall–Kier alpha value is -1.16. The van der Waals surface area contributed by atoms with Gasteiger partial charge in [-0.05, 0) is 52.9 Å². The maximum Gasteiger partial charge on any atom is 0.185 e. The van der Waals surface area contributed by atoms with Gasteiger partial charge in [0.2, 0.25) is 0 Å². The quantitative estimate of drug-likeness (QED) is 0.491. The van der Waals surface area contributed by atoms with Gasteiger partial charge in [0.1, 0.15) is 11.7 Å². The van der Waals surface area contributed by atoms with Gasteiger partial charge >= 0.3 is 0 Å². The molecule has 21 heavy (non-hydrogen) atoms. The van der Waals surface area contributed by atoms with Crippen molar-refractivity contribution >= 4 is 51.6 Å². The normalized spacial score (nSPS) is 11.8. The van der Waals surface area contributed by atoms with E-state index in [2.05, 4.69) is 0 Å². The first-order valence-electron chi connectivity index (χ1n) is 5.78. The molecule has 0 aliphatic carbocycles. The fourth-order valence-corrected chi connectivity index (χ4v) is 2.93. The lowest BCUT2D eigenvalue weighted by Gasteiger charge is -2.12. The van der Waals surface area contributed by atoms with Crippen LogP contribution in [0.15, 0.2) is 36.4 Å². The molecule has 0 saturated carbocycles. The van der Waals surface area contributed by atoms with E-state index in [0.717, 1.165) is 0 Å². The van der Waals surface area contributed by atoms with E-state index in [1.54, 1.807) is 12.1 Å². The molecule has 2 aromatic rings. The molecule has 1 atom stereocenters. The minimum Gasteiger partial charge on any atom is -0.292 e. The number of hydrogen-bond donors (Lipinski definition) is 0. The summed E-state index contributed by atoms with van der Waals surface area (Å²) in [5, 5.41) is 9.71. The first-order chi connectivity index (χ1) is 9.95. The zero-order valence-corrected chi connectivity index (χ0v) is 14.1. The van der Waals surface area contributed by atoms with Gasteiger partial charge in [0, 0.05) is 24.7 Å². The molecule has 0 amide bonds. The monoisotopic (exact) mass is 433 g/mol. The van der Waals surface area contributed by atoms with E-state index in [1.165, 1.54) is 24.3 Å². The second-order valence-corrected chi connectivity index (χ2v) is 6.19. The lowest BCUT2D eigenvalue weighted by molar-refractivity contribution is 0.0976. The van der Waals surface area contributed by atoms with Gasteiger partial charge in [0.15, 0.2) is 5.78 Å². The molecule has 0 bridgehead atoms. The van der Waals surface area contributed by atoms with Gasteiger partial charge in [-0.3, -0.25) is 4.79 Å². The van der Waals surface area contributed by atoms with E-state index in [4.69, 9.17) is 23.2 Å². The highest BCUT2D eigenvalue weighted by Crippen LogP contribution is 2.31. The molecule has 0 aliphatic heterocycles. The zero-order chi connectivity index (χ0) is 15.6. The standard InChI is InChI=1S/C15H7Cl2FINO/c16-8-4-5-13(19)9(6-8)15(21)10(7-20)14-11(17)2-1-3-12(14)18/h1-6,10H. The van der Waals surface area contributed by atoms with Crippen LogP contribution < -0.4 is 0 Å². The largest absolute Gasteiger partial charge is 0.292 e. The number of rotatable bonds is 3. The third-order valence-corrected chi connectivity index (χ3v) is 4.38. The van der Waals surface area contributed by atoms with Crippen LogP contribution in [0.25, 0.3) is 0 Å². The molecule has 0 aliphatic rings. The average Bonchev–Trinajstić information content (AvgIpc) is 2.45. The smallest absolute Gasteiger partial charge is 0.185 e. The lowest BCUT2D eigenvalue weighted by Crippen LogP contribution is -2.14. The number of halogens is 4. The highest BCUT2D eigenvalue weighted by Gasteiger charge is 2.28. The topological polar surface area (TPSA) is 40.9 Å². The van der Waals surface area contributed by atoms with Crippen LogP contribution in [0.1, 0.15) is 21.8 Å². The van der Waals surface area contributed by atoms with Crippen molar-refractivity contribution in [3.63, 3.8) is 0 Å². The summed E-state index contributed by atoms with van der Waals surface area (Å²) in [6.45, 7) is 0. The Morgan fingerprint density at radius 1 is 1.29 bits per heavy atom. The van der Waals surface area contributed by atoms with E-state index >= 15 is 0 Å². The van der Waals surface area contributed by atoms with Gasteiger partial charge < -0.3 is 0 Å². The van der Waals surface area contributed by atoms with Crippen molar-refractivity contribution in [2.75, 3.05) is 0 Å². The molecule has 6 heteroatoms. The number of benzene rings is 2. The number of carbonyl (C=O) groups is 1. The van der Waals surface area contributed by atoms with Crippen molar-refractivity contribution < 1.29 is 9.18 Å². The van der Waals surface area contributed by atoms with Crippen molar-refractivity contribution in [1.82, 2.24) is 0 Å². The minimum atomic E-state index is -1.31. The van der Waals surface area contributed by atoms with Gasteiger partial charge in [0.25, 0.3) is 0 Å². The van der Waals surface area contributed by atoms with Crippen molar-refractivity contribution in [2.45, 2.75) is 5.92 Å². The van der Waals surface area contributed by atoms with Crippen LogP contribution in [-0.2, 0) is 0 Å². The molecule has 1 unspecified atom stereocenters. The summed E-state index contributed by atoms with van der Waals surface area (Å²) in [4.78, 5) is 12.5. The Bertz CT molecular complexity index is 738. The first-order valence-corrected chi connectivity index (χ1v) is 7.62. The van der Waals surface area contributed by atoms with Crippen LogP contribution in [0.5, 0.6) is 0 Å². The molecular weight excluding hydrogens is 427 g/mol. The molecule has 0 spiro atoms. The Morgan fingerprint density at radius 2 is 2.00 bits per heavy atom. The maximum absolute atomic E-state index is 13.9. The zero-order valence-electron chi connectivity index (χ0n) is 10.4. The van der Waals surface area contributed by atoms with Gasteiger partial charge in [-0.25, -0.2) is 4.39 Å². The molecule has 2 rings (SSSR count). The second-order valence-electron chi connectivity index (χ2n) is 4.19. The predicted octanol–water partition coefficient (Wildman–Crippen LogP) is 5.23. The fraction of sp³-hybridized carbons (Fsp3) is 0.0667. The van der Waals surface area contributed by atoms with E-state index in [1.807, 2.05) is 28.7 Å². The third kappa shape index (κ3) is 3.37. The van der Waals surface area contributed by atoms with Gasteiger partial charge in [-0.1, -0.05) is 29.3 Å². The van der Waals surface area contributed by atoms with Crippen LogP contribution in [0.4, 0.5) is 4.39 Å². The number of hydrogen-bond acceptors (Lipinski definition) is 2. The number of nitriles is 1. The van der Waals surface area contributed by atoms with Crippen molar-refractivity contribution in [1.29, 1.82) is 5.26 Å². The summed E-state index contributed by atoms with van der Waals surface area (Å²) in [7, 11) is 0.